The van der Waals surface area contributed by atoms with Crippen LogP contribution in [-0.4, -0.2) is 44.8 Å². The van der Waals surface area contributed by atoms with Crippen LogP contribution in [0.2, 0.25) is 0 Å². The molecule has 0 heterocycles. The van der Waals surface area contributed by atoms with E-state index in [1.165, 1.54) is 0 Å². The monoisotopic (exact) mass is 158 g/mol. The molecule has 4 N–H and O–H groups in total. The molecule has 0 spiro atoms. The SMILES string of the molecule is O.O=[PH](O)O.S.[NaH]. The molecule has 0 aromatic heterocycles. The summed E-state index contributed by atoms with van der Waals surface area (Å²) < 4.78 is 8.74. The van der Waals surface area contributed by atoms with Crippen LogP contribution in [0.4, 0.5) is 0 Å². The van der Waals surface area contributed by atoms with Gasteiger partial charge in [-0.3, -0.25) is 4.57 Å². The maximum atomic E-state index is 8.74. The van der Waals surface area contributed by atoms with Gasteiger partial charge < -0.3 is 15.3 Å². The molecule has 44 valence electrons. The Labute approximate surface area is 70.9 Å². The quantitative estimate of drug-likeness (QED) is 0.315. The molecule has 0 rings (SSSR count). The minimum atomic E-state index is -3.13. The Morgan fingerprint density at radius 1 is 1.29 bits per heavy atom. The molecular formula is H8NaO4PS. The predicted molar refractivity (Wildman–Crippen MR) is 34.6 cm³/mol. The van der Waals surface area contributed by atoms with Crippen molar-refractivity contribution >= 4 is 51.3 Å². The summed E-state index contributed by atoms with van der Waals surface area (Å²) in [6.45, 7) is 0. The Hall–Kier alpha value is 1.46. The van der Waals surface area contributed by atoms with Gasteiger partial charge in [-0.25, -0.2) is 0 Å². The van der Waals surface area contributed by atoms with Crippen LogP contribution >= 0.6 is 21.8 Å². The van der Waals surface area contributed by atoms with E-state index < -0.39 is 8.25 Å². The van der Waals surface area contributed by atoms with Crippen molar-refractivity contribution in [2.75, 3.05) is 0 Å². The summed E-state index contributed by atoms with van der Waals surface area (Å²) >= 11 is 0. The molecule has 4 nitrogen and oxygen atoms in total. The van der Waals surface area contributed by atoms with E-state index in [0.29, 0.717) is 0 Å². The average molecular weight is 158 g/mol. The van der Waals surface area contributed by atoms with Crippen molar-refractivity contribution in [2.24, 2.45) is 0 Å². The second-order valence-electron chi connectivity index (χ2n) is 0.283. The molecule has 0 aliphatic carbocycles. The van der Waals surface area contributed by atoms with Crippen LogP contribution < -0.4 is 0 Å². The molecule has 0 aromatic carbocycles. The van der Waals surface area contributed by atoms with Gasteiger partial charge >= 0.3 is 37.8 Å². The maximum absolute atomic E-state index is 8.74. The standard InChI is InChI=1S/Na.H3O3P.H2O.H2S.H/c;1-4(2)3;;;/h;4H,(H2,1,2,3);2*1H2;. The van der Waals surface area contributed by atoms with E-state index in [1.54, 1.807) is 0 Å². The minimum absolute atomic E-state index is 0. The first-order valence-electron chi connectivity index (χ1n) is 0.651. The zero-order valence-electron chi connectivity index (χ0n) is 2.80. The molecule has 0 aliphatic heterocycles. The van der Waals surface area contributed by atoms with Gasteiger partial charge in [-0.15, -0.1) is 0 Å². The van der Waals surface area contributed by atoms with Gasteiger partial charge in [0.15, 0.2) is 0 Å². The number of hydrogen-bond donors (Lipinski definition) is 2. The van der Waals surface area contributed by atoms with E-state index >= 15 is 0 Å². The average Bonchev–Trinajstić information content (AvgIpc) is 0.811. The van der Waals surface area contributed by atoms with Gasteiger partial charge in [-0.05, 0) is 0 Å². The van der Waals surface area contributed by atoms with Crippen LogP contribution in [-0.2, 0) is 4.57 Å². The molecule has 0 radical (unpaired) electrons. The molecule has 0 amide bonds. The fourth-order valence-corrected chi connectivity index (χ4v) is 0. The molecule has 0 saturated carbocycles. The van der Waals surface area contributed by atoms with Crippen molar-refractivity contribution in [1.29, 1.82) is 0 Å². The third-order valence-electron chi connectivity index (χ3n) is 0. The second-order valence-corrected chi connectivity index (χ2v) is 0.848. The number of hydrogen-bond acceptors (Lipinski definition) is 1. The Morgan fingerprint density at radius 3 is 1.29 bits per heavy atom. The van der Waals surface area contributed by atoms with Crippen molar-refractivity contribution < 1.29 is 19.8 Å². The van der Waals surface area contributed by atoms with Gasteiger partial charge in [0.05, 0.1) is 0 Å². The first-order chi connectivity index (χ1) is 1.73. The van der Waals surface area contributed by atoms with Gasteiger partial charge in [0, 0.05) is 0 Å². The van der Waals surface area contributed by atoms with E-state index in [2.05, 4.69) is 0 Å². The molecule has 0 atom stereocenters. The zero-order valence-corrected chi connectivity index (χ0v) is 4.80. The van der Waals surface area contributed by atoms with Gasteiger partial charge in [0.1, 0.15) is 0 Å². The Morgan fingerprint density at radius 2 is 1.29 bits per heavy atom. The predicted octanol–water partition coefficient (Wildman–Crippen LogP) is -2.00. The van der Waals surface area contributed by atoms with E-state index in [1.807, 2.05) is 0 Å². The fraction of sp³-hybridized carbons (Fsp3) is 0. The molecule has 0 fully saturated rings. The summed E-state index contributed by atoms with van der Waals surface area (Å²) in [6, 6.07) is 0. The summed E-state index contributed by atoms with van der Waals surface area (Å²) in [6.07, 6.45) is 0. The molecule has 0 aliphatic rings. The first-order valence-corrected chi connectivity index (χ1v) is 1.95. The van der Waals surface area contributed by atoms with Crippen molar-refractivity contribution in [3.63, 3.8) is 0 Å². The molecule has 0 bridgehead atoms. The van der Waals surface area contributed by atoms with Crippen LogP contribution in [0.1, 0.15) is 0 Å². The van der Waals surface area contributed by atoms with E-state index in [0.717, 1.165) is 0 Å². The second kappa shape index (κ2) is 15.7. The molecular weight excluding hydrogens is 150 g/mol. The van der Waals surface area contributed by atoms with Gasteiger partial charge in [-0.1, -0.05) is 0 Å². The van der Waals surface area contributed by atoms with Crippen molar-refractivity contribution in [3.05, 3.63) is 0 Å². The molecule has 7 heteroatoms. The summed E-state index contributed by atoms with van der Waals surface area (Å²) in [5, 5.41) is 0. The van der Waals surface area contributed by atoms with Crippen molar-refractivity contribution in [3.8, 4) is 0 Å². The first kappa shape index (κ1) is 23.7. The zero-order chi connectivity index (χ0) is 3.58. The normalized spacial score (nSPS) is 5.00. The molecule has 0 saturated heterocycles. The topological polar surface area (TPSA) is 89.0 Å². The molecule has 7 heavy (non-hydrogen) atoms. The van der Waals surface area contributed by atoms with Crippen LogP contribution in [0.15, 0.2) is 0 Å². The van der Waals surface area contributed by atoms with Crippen LogP contribution in [0.5, 0.6) is 0 Å². The molecule has 0 aromatic rings. The summed E-state index contributed by atoms with van der Waals surface area (Å²) in [4.78, 5) is 14.3. The van der Waals surface area contributed by atoms with E-state index in [4.69, 9.17) is 14.4 Å². The van der Waals surface area contributed by atoms with Crippen molar-refractivity contribution in [1.82, 2.24) is 0 Å². The third kappa shape index (κ3) is 104. The molecule has 0 unspecified atom stereocenters. The van der Waals surface area contributed by atoms with Crippen LogP contribution in [0, 0.1) is 0 Å². The number of rotatable bonds is 0. The van der Waals surface area contributed by atoms with Gasteiger partial charge in [0.2, 0.25) is 0 Å². The van der Waals surface area contributed by atoms with Crippen molar-refractivity contribution in [2.45, 2.75) is 0 Å². The summed E-state index contributed by atoms with van der Waals surface area (Å²) in [5.74, 6) is 0. The van der Waals surface area contributed by atoms with Crippen LogP contribution in [0.25, 0.3) is 0 Å². The van der Waals surface area contributed by atoms with Crippen LogP contribution in [0.3, 0.4) is 0 Å². The van der Waals surface area contributed by atoms with E-state index in [-0.39, 0.29) is 48.5 Å². The van der Waals surface area contributed by atoms with E-state index in [9.17, 15) is 0 Å². The Bertz CT molecular complexity index is 34.7. The summed E-state index contributed by atoms with van der Waals surface area (Å²) in [5.41, 5.74) is 0. The fourth-order valence-electron chi connectivity index (χ4n) is 0. The Balaban J connectivity index is -0.0000000150. The summed E-state index contributed by atoms with van der Waals surface area (Å²) in [7, 11) is -3.13. The third-order valence-corrected chi connectivity index (χ3v) is 0. The Kier molecular flexibility index (Phi) is 52.9. The van der Waals surface area contributed by atoms with Gasteiger partial charge in [0.25, 0.3) is 0 Å². The van der Waals surface area contributed by atoms with Gasteiger partial charge in [-0.2, -0.15) is 13.5 Å².